The van der Waals surface area contributed by atoms with Gasteiger partial charge in [0.1, 0.15) is 4.83 Å². The minimum Gasteiger partial charge on any atom is -0.460 e. The van der Waals surface area contributed by atoms with Gasteiger partial charge < -0.3 is 14.5 Å². The van der Waals surface area contributed by atoms with Crippen molar-refractivity contribution in [3.05, 3.63) is 26.6 Å². The molecule has 0 amide bonds. The molecule has 0 aromatic carbocycles. The number of aromatic nitrogens is 2. The van der Waals surface area contributed by atoms with Crippen molar-refractivity contribution in [1.29, 1.82) is 0 Å². The number of ether oxygens (including phenoxy) is 2. The van der Waals surface area contributed by atoms with Crippen LogP contribution >= 0.6 is 11.3 Å². The van der Waals surface area contributed by atoms with E-state index in [4.69, 9.17) is 9.47 Å². The van der Waals surface area contributed by atoms with E-state index < -0.39 is 5.97 Å². The predicted molar refractivity (Wildman–Crippen MR) is 74.4 cm³/mol. The maximum Gasteiger partial charge on any atom is 0.374 e. The number of rotatable bonds is 2. The second-order valence-corrected chi connectivity index (χ2v) is 5.51. The van der Waals surface area contributed by atoms with Gasteiger partial charge >= 0.3 is 5.97 Å². The fraction of sp³-hybridized carbons (Fsp3) is 0.462. The number of fused-ring (bicyclic) bond motifs is 3. The van der Waals surface area contributed by atoms with Crippen molar-refractivity contribution in [3.63, 3.8) is 0 Å². The van der Waals surface area contributed by atoms with Gasteiger partial charge in [0.15, 0.2) is 0 Å². The normalized spacial score (nSPS) is 14.8. The van der Waals surface area contributed by atoms with Gasteiger partial charge in [-0.3, -0.25) is 4.79 Å². The number of H-pyrrole nitrogens is 1. The van der Waals surface area contributed by atoms with Crippen LogP contribution in [-0.4, -0.2) is 35.8 Å². The zero-order chi connectivity index (χ0) is 14.1. The minimum absolute atomic E-state index is 0.0305. The first kappa shape index (κ1) is 13.3. The van der Waals surface area contributed by atoms with E-state index in [0.29, 0.717) is 29.9 Å². The van der Waals surface area contributed by atoms with Gasteiger partial charge in [-0.25, -0.2) is 9.78 Å². The van der Waals surface area contributed by atoms with E-state index in [1.54, 1.807) is 6.92 Å². The molecule has 0 spiro atoms. The molecule has 0 atom stereocenters. The molecule has 20 heavy (non-hydrogen) atoms. The maximum atomic E-state index is 12.2. The Labute approximate surface area is 118 Å². The van der Waals surface area contributed by atoms with E-state index in [1.165, 1.54) is 11.3 Å². The van der Waals surface area contributed by atoms with Gasteiger partial charge in [-0.2, -0.15) is 0 Å². The quantitative estimate of drug-likeness (QED) is 0.844. The molecular formula is C13H14N2O4S. The molecule has 1 aliphatic heterocycles. The van der Waals surface area contributed by atoms with Gasteiger partial charge in [0.2, 0.25) is 5.82 Å². The highest BCUT2D eigenvalue weighted by Gasteiger charge is 2.21. The third-order valence-corrected chi connectivity index (χ3v) is 4.37. The molecule has 0 radical (unpaired) electrons. The monoisotopic (exact) mass is 294 g/mol. The van der Waals surface area contributed by atoms with Crippen LogP contribution in [0.3, 0.4) is 0 Å². The Kier molecular flexibility index (Phi) is 3.54. The Morgan fingerprint density at radius 3 is 3.05 bits per heavy atom. The molecule has 1 N–H and O–H groups in total. The van der Waals surface area contributed by atoms with E-state index in [1.807, 2.05) is 0 Å². The Hall–Kier alpha value is -1.73. The molecule has 0 aliphatic carbocycles. The molecule has 3 heterocycles. The number of nitrogens with one attached hydrogen (secondary N) is 1. The second-order valence-electron chi connectivity index (χ2n) is 4.43. The first-order valence-electron chi connectivity index (χ1n) is 6.50. The third-order valence-electron chi connectivity index (χ3n) is 3.18. The minimum atomic E-state index is -0.599. The number of nitrogens with zero attached hydrogens (tertiary/aromatic N) is 1. The summed E-state index contributed by atoms with van der Waals surface area (Å²) >= 11 is 1.46. The van der Waals surface area contributed by atoms with Crippen LogP contribution in [0.5, 0.6) is 0 Å². The molecule has 106 valence electrons. The Balaban J connectivity index is 2.14. The van der Waals surface area contributed by atoms with E-state index in [9.17, 15) is 9.59 Å². The van der Waals surface area contributed by atoms with Crippen LogP contribution in [-0.2, 0) is 22.3 Å². The number of carbonyl (C=O) groups is 1. The third kappa shape index (κ3) is 2.23. The van der Waals surface area contributed by atoms with Gasteiger partial charge in [0.05, 0.1) is 25.2 Å². The Morgan fingerprint density at radius 1 is 1.45 bits per heavy atom. The van der Waals surface area contributed by atoms with Crippen LogP contribution in [0.15, 0.2) is 4.79 Å². The van der Waals surface area contributed by atoms with Crippen LogP contribution < -0.4 is 5.56 Å². The standard InChI is InChI=1S/C13H14N2O4S/c1-2-19-13(17)10-14-11(16)9-7-3-5-18-6-4-8(7)20-12(9)15-10/h2-6H2,1H3,(H,14,15,16). The zero-order valence-corrected chi connectivity index (χ0v) is 11.8. The van der Waals surface area contributed by atoms with Crippen molar-refractivity contribution in [3.8, 4) is 0 Å². The summed E-state index contributed by atoms with van der Waals surface area (Å²) < 4.78 is 10.3. The number of hydrogen-bond acceptors (Lipinski definition) is 6. The lowest BCUT2D eigenvalue weighted by Gasteiger charge is -2.01. The van der Waals surface area contributed by atoms with Crippen LogP contribution in [0.4, 0.5) is 0 Å². The SMILES string of the molecule is CCOC(=O)c1nc2sc3c(c2c(=O)[nH]1)CCOCC3. The van der Waals surface area contributed by atoms with Crippen LogP contribution in [0, 0.1) is 0 Å². The van der Waals surface area contributed by atoms with Crippen LogP contribution in [0.2, 0.25) is 0 Å². The number of thiophene rings is 1. The van der Waals surface area contributed by atoms with Crippen molar-refractivity contribution in [2.45, 2.75) is 19.8 Å². The fourth-order valence-electron chi connectivity index (χ4n) is 2.31. The number of esters is 1. The topological polar surface area (TPSA) is 81.3 Å². The Morgan fingerprint density at radius 2 is 2.25 bits per heavy atom. The average Bonchev–Trinajstić information content (AvgIpc) is 2.62. The number of hydrogen-bond donors (Lipinski definition) is 1. The van der Waals surface area contributed by atoms with E-state index in [0.717, 1.165) is 16.9 Å². The second kappa shape index (κ2) is 5.34. The predicted octanol–water partition coefficient (Wildman–Crippen LogP) is 1.28. The van der Waals surface area contributed by atoms with Crippen LogP contribution in [0.25, 0.3) is 10.2 Å². The summed E-state index contributed by atoms with van der Waals surface area (Å²) in [6, 6.07) is 0. The van der Waals surface area contributed by atoms with Crippen molar-refractivity contribution in [2.24, 2.45) is 0 Å². The van der Waals surface area contributed by atoms with E-state index >= 15 is 0 Å². The summed E-state index contributed by atoms with van der Waals surface area (Å²) in [7, 11) is 0. The smallest absolute Gasteiger partial charge is 0.374 e. The molecular weight excluding hydrogens is 280 g/mol. The summed E-state index contributed by atoms with van der Waals surface area (Å²) in [5.74, 6) is -0.629. The van der Waals surface area contributed by atoms with Crippen molar-refractivity contribution >= 4 is 27.5 Å². The van der Waals surface area contributed by atoms with Crippen molar-refractivity contribution in [1.82, 2.24) is 9.97 Å². The summed E-state index contributed by atoms with van der Waals surface area (Å²) in [5, 5.41) is 0.587. The van der Waals surface area contributed by atoms with Gasteiger partial charge in [-0.15, -0.1) is 11.3 Å². The summed E-state index contributed by atoms with van der Waals surface area (Å²) in [6.07, 6.45) is 1.49. The highest BCUT2D eigenvalue weighted by Crippen LogP contribution is 2.30. The largest absolute Gasteiger partial charge is 0.460 e. The molecule has 0 fully saturated rings. The van der Waals surface area contributed by atoms with Gasteiger partial charge in [0, 0.05) is 11.3 Å². The van der Waals surface area contributed by atoms with Crippen molar-refractivity contribution < 1.29 is 14.3 Å². The van der Waals surface area contributed by atoms with Crippen molar-refractivity contribution in [2.75, 3.05) is 19.8 Å². The number of aromatic amines is 1. The fourth-order valence-corrected chi connectivity index (χ4v) is 3.51. The van der Waals surface area contributed by atoms with Gasteiger partial charge in [-0.05, 0) is 18.9 Å². The lowest BCUT2D eigenvalue weighted by atomic mass is 10.1. The molecule has 6 nitrogen and oxygen atoms in total. The first-order chi connectivity index (χ1) is 9.70. The Bertz CT molecular complexity index is 719. The molecule has 0 saturated heterocycles. The van der Waals surface area contributed by atoms with Crippen LogP contribution in [0.1, 0.15) is 28.0 Å². The molecule has 0 saturated carbocycles. The average molecular weight is 294 g/mol. The molecule has 1 aliphatic rings. The van der Waals surface area contributed by atoms with Gasteiger partial charge in [0.25, 0.3) is 5.56 Å². The highest BCUT2D eigenvalue weighted by molar-refractivity contribution is 7.18. The lowest BCUT2D eigenvalue weighted by Crippen LogP contribution is -2.17. The van der Waals surface area contributed by atoms with E-state index in [-0.39, 0.29) is 18.0 Å². The molecule has 7 heteroatoms. The first-order valence-corrected chi connectivity index (χ1v) is 7.31. The van der Waals surface area contributed by atoms with E-state index in [2.05, 4.69) is 9.97 Å². The lowest BCUT2D eigenvalue weighted by molar-refractivity contribution is 0.0512. The summed E-state index contributed by atoms with van der Waals surface area (Å²) in [6.45, 7) is 3.22. The number of carbonyl (C=O) groups excluding carboxylic acids is 1. The molecule has 2 aromatic rings. The molecule has 0 unspecified atom stereocenters. The molecule has 0 bridgehead atoms. The zero-order valence-electron chi connectivity index (χ0n) is 11.0. The molecule has 2 aromatic heterocycles. The molecule has 3 rings (SSSR count). The highest BCUT2D eigenvalue weighted by atomic mass is 32.1. The van der Waals surface area contributed by atoms with Gasteiger partial charge in [-0.1, -0.05) is 0 Å². The maximum absolute atomic E-state index is 12.2. The summed E-state index contributed by atoms with van der Waals surface area (Å²) in [4.78, 5) is 32.4. The summed E-state index contributed by atoms with van der Waals surface area (Å²) in [5.41, 5.74) is 0.726.